The van der Waals surface area contributed by atoms with Crippen molar-refractivity contribution in [3.63, 3.8) is 0 Å². The number of allylic oxidation sites excluding steroid dienone is 2. The number of hydrogen-bond donors (Lipinski definition) is 0. The van der Waals surface area contributed by atoms with Crippen LogP contribution < -0.4 is 0 Å². The van der Waals surface area contributed by atoms with Gasteiger partial charge in [-0.1, -0.05) is 6.92 Å². The van der Waals surface area contributed by atoms with Crippen molar-refractivity contribution < 1.29 is 4.79 Å². The summed E-state index contributed by atoms with van der Waals surface area (Å²) in [4.78, 5) is 14.4. The Morgan fingerprint density at radius 3 is 2.89 bits per heavy atom. The summed E-state index contributed by atoms with van der Waals surface area (Å²) >= 11 is 6.34. The van der Waals surface area contributed by atoms with E-state index in [9.17, 15) is 4.79 Å². The van der Waals surface area contributed by atoms with Crippen LogP contribution in [-0.4, -0.2) is 28.6 Å². The van der Waals surface area contributed by atoms with Gasteiger partial charge in [-0.25, -0.2) is 0 Å². The summed E-state index contributed by atoms with van der Waals surface area (Å²) in [5.74, 6) is 1.76. The van der Waals surface area contributed by atoms with Crippen LogP contribution in [0.5, 0.6) is 0 Å². The molecule has 2 fully saturated rings. The van der Waals surface area contributed by atoms with Crippen LogP contribution in [0.1, 0.15) is 46.0 Å². The monoisotopic (exact) mass is 267 g/mol. The highest BCUT2D eigenvalue weighted by Gasteiger charge is 2.43. The van der Waals surface area contributed by atoms with Gasteiger partial charge in [0.2, 0.25) is 0 Å². The maximum absolute atomic E-state index is 11.9. The third-order valence-corrected chi connectivity index (χ3v) is 5.62. The molecule has 18 heavy (non-hydrogen) atoms. The molecular formula is C15H22ClNO. The number of fused-ring (bicyclic) bond motifs is 3. The average Bonchev–Trinajstić information content (AvgIpc) is 2.35. The number of nitrogens with zero attached hydrogens (tertiary/aromatic N) is 1. The highest BCUT2D eigenvalue weighted by atomic mass is 35.5. The van der Waals surface area contributed by atoms with Crippen LogP contribution in [0.2, 0.25) is 0 Å². The number of hydrogen-bond acceptors (Lipinski definition) is 2. The molecular weight excluding hydrogens is 246 g/mol. The van der Waals surface area contributed by atoms with Gasteiger partial charge in [0, 0.05) is 35.7 Å². The van der Waals surface area contributed by atoms with E-state index < -0.39 is 0 Å². The van der Waals surface area contributed by atoms with Gasteiger partial charge in [0.1, 0.15) is 0 Å². The third-order valence-electron chi connectivity index (χ3n) is 5.22. The molecule has 0 spiro atoms. The largest absolute Gasteiger partial charge is 0.371 e. The van der Waals surface area contributed by atoms with Crippen molar-refractivity contribution in [3.8, 4) is 0 Å². The minimum absolute atomic E-state index is 0.359. The van der Waals surface area contributed by atoms with Crippen molar-refractivity contribution in [1.82, 2.24) is 4.90 Å². The predicted molar refractivity (Wildman–Crippen MR) is 73.6 cm³/mol. The first kappa shape index (κ1) is 12.5. The first-order valence-electron chi connectivity index (χ1n) is 7.21. The molecule has 4 atom stereocenters. The molecule has 0 aromatic heterocycles. The van der Waals surface area contributed by atoms with Gasteiger partial charge in [0.15, 0.2) is 5.78 Å². The van der Waals surface area contributed by atoms with E-state index >= 15 is 0 Å². The summed E-state index contributed by atoms with van der Waals surface area (Å²) in [5, 5.41) is 0.367. The maximum atomic E-state index is 11.9. The second-order valence-electron chi connectivity index (χ2n) is 6.26. The van der Waals surface area contributed by atoms with Crippen molar-refractivity contribution in [2.75, 3.05) is 6.54 Å². The summed E-state index contributed by atoms with van der Waals surface area (Å²) in [6, 6.07) is 0.641. The zero-order chi connectivity index (χ0) is 12.9. The van der Waals surface area contributed by atoms with Gasteiger partial charge in [0.05, 0.1) is 0 Å². The number of alkyl halides is 1. The Balaban J connectivity index is 1.92. The fourth-order valence-electron chi connectivity index (χ4n) is 4.15. The van der Waals surface area contributed by atoms with E-state index in [0.29, 0.717) is 29.5 Å². The minimum Gasteiger partial charge on any atom is -0.371 e. The van der Waals surface area contributed by atoms with E-state index in [2.05, 4.69) is 11.8 Å². The topological polar surface area (TPSA) is 20.3 Å². The standard InChI is InChI=1S/C15H22ClNO/c1-9-7-14-10(2)15(18)5-6-17(14)13-4-3-11(16)8-12(9)13/h9,11-13H,3-8H2,1-2H3. The summed E-state index contributed by atoms with van der Waals surface area (Å²) < 4.78 is 0. The predicted octanol–water partition coefficient (Wildman–Crippen LogP) is 3.35. The zero-order valence-corrected chi connectivity index (χ0v) is 12.0. The van der Waals surface area contributed by atoms with E-state index in [4.69, 9.17) is 11.6 Å². The van der Waals surface area contributed by atoms with Gasteiger partial charge in [-0.2, -0.15) is 0 Å². The number of rotatable bonds is 0. The molecule has 1 aliphatic carbocycles. The van der Waals surface area contributed by atoms with E-state index in [0.717, 1.165) is 37.3 Å². The zero-order valence-electron chi connectivity index (χ0n) is 11.3. The molecule has 2 heterocycles. The molecule has 2 aliphatic heterocycles. The van der Waals surface area contributed by atoms with E-state index in [1.54, 1.807) is 0 Å². The van der Waals surface area contributed by atoms with Gasteiger partial charge in [-0.3, -0.25) is 4.79 Å². The summed E-state index contributed by atoms with van der Waals surface area (Å²) in [6.45, 7) is 5.29. The number of carbonyl (C=O) groups excluding carboxylic acids is 1. The lowest BCUT2D eigenvalue weighted by atomic mass is 9.70. The Bertz CT molecular complexity index is 403. The molecule has 3 aliphatic rings. The molecule has 0 aromatic carbocycles. The van der Waals surface area contributed by atoms with Crippen LogP contribution in [0.3, 0.4) is 0 Å². The first-order valence-corrected chi connectivity index (χ1v) is 7.65. The molecule has 3 rings (SSSR count). The Kier molecular flexibility index (Phi) is 3.17. The smallest absolute Gasteiger partial charge is 0.162 e. The van der Waals surface area contributed by atoms with Crippen LogP contribution in [0.15, 0.2) is 11.3 Å². The van der Waals surface area contributed by atoms with Crippen molar-refractivity contribution >= 4 is 17.4 Å². The second kappa shape index (κ2) is 4.56. The Labute approximate surface area is 114 Å². The van der Waals surface area contributed by atoms with Crippen LogP contribution in [0, 0.1) is 11.8 Å². The summed E-state index contributed by atoms with van der Waals surface area (Å²) in [7, 11) is 0. The number of ketones is 1. The van der Waals surface area contributed by atoms with Crippen LogP contribution >= 0.6 is 11.6 Å². The Hall–Kier alpha value is -0.500. The van der Waals surface area contributed by atoms with Crippen molar-refractivity contribution in [2.45, 2.75) is 57.4 Å². The number of Topliss-reactive ketones (excluding diaryl/α,β-unsaturated/α-hetero) is 1. The molecule has 0 radical (unpaired) electrons. The molecule has 1 saturated heterocycles. The van der Waals surface area contributed by atoms with E-state index in [1.807, 2.05) is 6.92 Å². The molecule has 100 valence electrons. The number of halogens is 1. The molecule has 3 heteroatoms. The fourth-order valence-corrected chi connectivity index (χ4v) is 4.48. The average molecular weight is 268 g/mol. The molecule has 0 amide bonds. The SMILES string of the molecule is CC1=C2CC(C)C3CC(Cl)CCC3N2CCC1=O. The van der Waals surface area contributed by atoms with Gasteiger partial charge in [0.25, 0.3) is 0 Å². The lowest BCUT2D eigenvalue weighted by Crippen LogP contribution is -2.52. The third kappa shape index (κ3) is 1.89. The van der Waals surface area contributed by atoms with Crippen molar-refractivity contribution in [1.29, 1.82) is 0 Å². The second-order valence-corrected chi connectivity index (χ2v) is 6.88. The first-order chi connectivity index (χ1) is 8.58. The lowest BCUT2D eigenvalue weighted by molar-refractivity contribution is -0.117. The summed E-state index contributed by atoms with van der Waals surface area (Å²) in [6.07, 6.45) is 5.27. The Morgan fingerprint density at radius 1 is 1.33 bits per heavy atom. The van der Waals surface area contributed by atoms with Crippen LogP contribution in [0.4, 0.5) is 0 Å². The molecule has 0 N–H and O–H groups in total. The number of piperidine rings is 1. The lowest BCUT2D eigenvalue weighted by Gasteiger charge is -2.52. The highest BCUT2D eigenvalue weighted by molar-refractivity contribution is 6.20. The van der Waals surface area contributed by atoms with E-state index in [1.165, 1.54) is 12.1 Å². The molecule has 4 unspecified atom stereocenters. The maximum Gasteiger partial charge on any atom is 0.162 e. The van der Waals surface area contributed by atoms with Gasteiger partial charge < -0.3 is 4.90 Å². The quantitative estimate of drug-likeness (QED) is 0.628. The molecule has 2 nitrogen and oxygen atoms in total. The normalized spacial score (nSPS) is 40.6. The van der Waals surface area contributed by atoms with Gasteiger partial charge in [-0.15, -0.1) is 11.6 Å². The fraction of sp³-hybridized carbons (Fsp3) is 0.800. The Morgan fingerprint density at radius 2 is 2.11 bits per heavy atom. The molecule has 0 aromatic rings. The van der Waals surface area contributed by atoms with Crippen molar-refractivity contribution in [3.05, 3.63) is 11.3 Å². The van der Waals surface area contributed by atoms with Crippen molar-refractivity contribution in [2.24, 2.45) is 11.8 Å². The van der Waals surface area contributed by atoms with E-state index in [-0.39, 0.29) is 0 Å². The summed E-state index contributed by atoms with van der Waals surface area (Å²) in [5.41, 5.74) is 2.37. The molecule has 0 bridgehead atoms. The number of carbonyl (C=O) groups is 1. The van der Waals surface area contributed by atoms with Gasteiger partial charge >= 0.3 is 0 Å². The molecule has 1 saturated carbocycles. The minimum atomic E-state index is 0.359. The highest BCUT2D eigenvalue weighted by Crippen LogP contribution is 2.45. The van der Waals surface area contributed by atoms with Crippen LogP contribution in [0.25, 0.3) is 0 Å². The van der Waals surface area contributed by atoms with Gasteiger partial charge in [-0.05, 0) is 44.4 Å². The van der Waals surface area contributed by atoms with Crippen LogP contribution in [-0.2, 0) is 4.79 Å².